The molecule has 1 aromatic carbocycles. The van der Waals surface area contributed by atoms with Crippen LogP contribution in [0.15, 0.2) is 18.2 Å². The van der Waals surface area contributed by atoms with Crippen molar-refractivity contribution in [3.8, 4) is 11.5 Å². The second-order valence-electron chi connectivity index (χ2n) is 2.71. The number of nitrogens with one attached hydrogen (secondary N) is 1. The van der Waals surface area contributed by atoms with E-state index in [0.717, 1.165) is 0 Å². The molecule has 0 atom stereocenters. The lowest BCUT2D eigenvalue weighted by atomic mass is 10.1. The van der Waals surface area contributed by atoms with Crippen LogP contribution in [0.2, 0.25) is 0 Å². The van der Waals surface area contributed by atoms with Gasteiger partial charge in [0.15, 0.2) is 11.5 Å². The van der Waals surface area contributed by atoms with Gasteiger partial charge in [-0.15, -0.1) is 0 Å². The molecule has 0 spiro atoms. The predicted molar refractivity (Wildman–Crippen MR) is 53.5 cm³/mol. The summed E-state index contributed by atoms with van der Waals surface area (Å²) < 4.78 is 10.1. The third-order valence-electron chi connectivity index (χ3n) is 1.89. The van der Waals surface area contributed by atoms with Crippen molar-refractivity contribution in [1.82, 2.24) is 0 Å². The van der Waals surface area contributed by atoms with Crippen molar-refractivity contribution >= 4 is 5.71 Å². The van der Waals surface area contributed by atoms with Crippen LogP contribution in [-0.4, -0.2) is 31.6 Å². The molecule has 76 valence electrons. The molecule has 1 aromatic rings. The first-order valence-corrected chi connectivity index (χ1v) is 4.13. The summed E-state index contributed by atoms with van der Waals surface area (Å²) in [4.78, 5) is 0. The molecule has 0 aliphatic rings. The Bertz CT molecular complexity index is 336. The van der Waals surface area contributed by atoms with Crippen LogP contribution in [0.1, 0.15) is 5.56 Å². The third kappa shape index (κ3) is 2.03. The minimum Gasteiger partial charge on any atom is -0.493 e. The summed E-state index contributed by atoms with van der Waals surface area (Å²) in [6.07, 6.45) is 0. The Balaban J connectivity index is 3.07. The van der Waals surface area contributed by atoms with E-state index in [-0.39, 0.29) is 12.3 Å². The Morgan fingerprint density at radius 3 is 2.43 bits per heavy atom. The highest BCUT2D eigenvalue weighted by atomic mass is 16.5. The summed E-state index contributed by atoms with van der Waals surface area (Å²) in [5.41, 5.74) is 0.788. The number of benzene rings is 1. The summed E-state index contributed by atoms with van der Waals surface area (Å²) in [7, 11) is 3.08. The highest BCUT2D eigenvalue weighted by Gasteiger charge is 2.06. The first kappa shape index (κ1) is 10.5. The quantitative estimate of drug-likeness (QED) is 0.706. The summed E-state index contributed by atoms with van der Waals surface area (Å²) >= 11 is 0. The van der Waals surface area contributed by atoms with Crippen LogP contribution in [0.25, 0.3) is 0 Å². The van der Waals surface area contributed by atoms with E-state index in [0.29, 0.717) is 17.1 Å². The van der Waals surface area contributed by atoms with Gasteiger partial charge in [-0.2, -0.15) is 0 Å². The Hall–Kier alpha value is -1.55. The second kappa shape index (κ2) is 4.62. The number of methoxy groups -OCH3 is 2. The Labute approximate surface area is 82.6 Å². The molecule has 0 saturated heterocycles. The van der Waals surface area contributed by atoms with Crippen LogP contribution in [0.4, 0.5) is 0 Å². The molecule has 0 amide bonds. The lowest BCUT2D eigenvalue weighted by Crippen LogP contribution is -2.04. The molecular weight excluding hydrogens is 182 g/mol. The zero-order valence-electron chi connectivity index (χ0n) is 8.20. The molecule has 4 heteroatoms. The van der Waals surface area contributed by atoms with Crippen molar-refractivity contribution in [1.29, 1.82) is 5.41 Å². The average molecular weight is 195 g/mol. The first-order valence-electron chi connectivity index (χ1n) is 4.13. The predicted octanol–water partition coefficient (Wildman–Crippen LogP) is 1.06. The molecule has 0 aliphatic heterocycles. The topological polar surface area (TPSA) is 62.5 Å². The number of ether oxygens (including phenoxy) is 2. The van der Waals surface area contributed by atoms with Crippen molar-refractivity contribution in [2.75, 3.05) is 20.8 Å². The van der Waals surface area contributed by atoms with Crippen LogP contribution < -0.4 is 9.47 Å². The number of aliphatic hydroxyl groups is 1. The van der Waals surface area contributed by atoms with Gasteiger partial charge in [0.2, 0.25) is 0 Å². The summed E-state index contributed by atoms with van der Waals surface area (Å²) in [5.74, 6) is 1.17. The van der Waals surface area contributed by atoms with E-state index < -0.39 is 0 Å². The number of hydrogen-bond acceptors (Lipinski definition) is 4. The number of aliphatic hydroxyl groups excluding tert-OH is 1. The fourth-order valence-corrected chi connectivity index (χ4v) is 1.12. The van der Waals surface area contributed by atoms with Gasteiger partial charge in [-0.05, 0) is 18.2 Å². The van der Waals surface area contributed by atoms with Crippen molar-refractivity contribution in [2.24, 2.45) is 0 Å². The zero-order chi connectivity index (χ0) is 10.6. The van der Waals surface area contributed by atoms with Crippen LogP contribution in [0.3, 0.4) is 0 Å². The van der Waals surface area contributed by atoms with E-state index >= 15 is 0 Å². The molecular formula is C10H13NO3. The summed E-state index contributed by atoms with van der Waals surface area (Å²) in [6, 6.07) is 5.08. The van der Waals surface area contributed by atoms with Gasteiger partial charge in [-0.25, -0.2) is 0 Å². The molecule has 0 bridgehead atoms. The van der Waals surface area contributed by atoms with Crippen LogP contribution in [0, 0.1) is 5.41 Å². The molecule has 4 nitrogen and oxygen atoms in total. The normalized spacial score (nSPS) is 9.64. The Morgan fingerprint density at radius 1 is 1.29 bits per heavy atom. The Kier molecular flexibility index (Phi) is 3.48. The molecule has 0 aliphatic carbocycles. The van der Waals surface area contributed by atoms with Gasteiger partial charge in [0, 0.05) is 5.56 Å². The zero-order valence-corrected chi connectivity index (χ0v) is 8.20. The largest absolute Gasteiger partial charge is 0.493 e. The number of hydrogen-bond donors (Lipinski definition) is 2. The molecule has 14 heavy (non-hydrogen) atoms. The molecule has 0 aromatic heterocycles. The standard InChI is InChI=1S/C10H13NO3/c1-13-9-4-3-7(8(11)6-12)5-10(9)14-2/h3-5,11-12H,6H2,1-2H3. The van der Waals surface area contributed by atoms with Gasteiger partial charge >= 0.3 is 0 Å². The number of rotatable bonds is 4. The van der Waals surface area contributed by atoms with E-state index in [4.69, 9.17) is 20.0 Å². The fraction of sp³-hybridized carbons (Fsp3) is 0.300. The third-order valence-corrected chi connectivity index (χ3v) is 1.89. The monoisotopic (exact) mass is 195 g/mol. The molecule has 0 radical (unpaired) electrons. The van der Waals surface area contributed by atoms with Crippen molar-refractivity contribution in [3.05, 3.63) is 23.8 Å². The lowest BCUT2D eigenvalue weighted by molar-refractivity contribution is 0.353. The smallest absolute Gasteiger partial charge is 0.161 e. The van der Waals surface area contributed by atoms with E-state index in [1.54, 1.807) is 25.3 Å². The van der Waals surface area contributed by atoms with Gasteiger partial charge in [0.05, 0.1) is 26.5 Å². The Morgan fingerprint density at radius 2 is 1.93 bits per heavy atom. The summed E-state index contributed by atoms with van der Waals surface area (Å²) in [6.45, 7) is -0.282. The molecule has 0 heterocycles. The van der Waals surface area contributed by atoms with Crippen molar-refractivity contribution in [2.45, 2.75) is 0 Å². The summed E-state index contributed by atoms with van der Waals surface area (Å²) in [5, 5.41) is 16.2. The van der Waals surface area contributed by atoms with E-state index in [1.807, 2.05) is 0 Å². The molecule has 0 fully saturated rings. The maximum absolute atomic E-state index is 8.78. The highest BCUT2D eigenvalue weighted by molar-refractivity contribution is 5.99. The first-order chi connectivity index (χ1) is 6.72. The van der Waals surface area contributed by atoms with Gasteiger partial charge in [-0.1, -0.05) is 0 Å². The SMILES string of the molecule is COc1ccc(C(=N)CO)cc1OC. The van der Waals surface area contributed by atoms with Crippen LogP contribution in [0.5, 0.6) is 11.5 Å². The molecule has 0 saturated carbocycles. The van der Waals surface area contributed by atoms with Gasteiger partial charge in [-0.3, -0.25) is 0 Å². The van der Waals surface area contributed by atoms with Crippen LogP contribution >= 0.6 is 0 Å². The highest BCUT2D eigenvalue weighted by Crippen LogP contribution is 2.27. The van der Waals surface area contributed by atoms with Gasteiger partial charge in [0.1, 0.15) is 0 Å². The molecule has 0 unspecified atom stereocenters. The maximum Gasteiger partial charge on any atom is 0.161 e. The molecule has 2 N–H and O–H groups in total. The van der Waals surface area contributed by atoms with Crippen LogP contribution in [-0.2, 0) is 0 Å². The van der Waals surface area contributed by atoms with E-state index in [9.17, 15) is 0 Å². The minimum atomic E-state index is -0.282. The van der Waals surface area contributed by atoms with E-state index in [1.165, 1.54) is 7.11 Å². The lowest BCUT2D eigenvalue weighted by Gasteiger charge is -2.09. The second-order valence-corrected chi connectivity index (χ2v) is 2.71. The average Bonchev–Trinajstić information content (AvgIpc) is 2.26. The van der Waals surface area contributed by atoms with Crippen molar-refractivity contribution in [3.63, 3.8) is 0 Å². The van der Waals surface area contributed by atoms with Gasteiger partial charge in [0.25, 0.3) is 0 Å². The van der Waals surface area contributed by atoms with E-state index in [2.05, 4.69) is 0 Å². The van der Waals surface area contributed by atoms with Crippen molar-refractivity contribution < 1.29 is 14.6 Å². The maximum atomic E-state index is 8.78. The van der Waals surface area contributed by atoms with Gasteiger partial charge < -0.3 is 20.0 Å². The molecule has 1 rings (SSSR count). The minimum absolute atomic E-state index is 0.158. The fourth-order valence-electron chi connectivity index (χ4n) is 1.12.